The topological polar surface area (TPSA) is 51.8 Å². The van der Waals surface area contributed by atoms with Crippen molar-refractivity contribution < 1.29 is 0 Å². The Labute approximate surface area is 66.7 Å². The molecule has 1 heterocycles. The summed E-state index contributed by atoms with van der Waals surface area (Å²) in [6.45, 7) is 2.16. The van der Waals surface area contributed by atoms with Gasteiger partial charge in [-0.1, -0.05) is 13.3 Å². The van der Waals surface area contributed by atoms with Crippen LogP contribution >= 0.6 is 0 Å². The second kappa shape index (κ2) is 3.91. The van der Waals surface area contributed by atoms with E-state index in [0.29, 0.717) is 5.82 Å². The summed E-state index contributed by atoms with van der Waals surface area (Å²) in [6.07, 6.45) is 6.70. The third-order valence-electron chi connectivity index (χ3n) is 1.51. The summed E-state index contributed by atoms with van der Waals surface area (Å²) in [5.41, 5.74) is 6.41. The van der Waals surface area contributed by atoms with Crippen molar-refractivity contribution in [2.24, 2.45) is 0 Å². The van der Waals surface area contributed by atoms with E-state index < -0.39 is 0 Å². The number of aryl methyl sites for hydroxylation is 1. The molecule has 0 aliphatic rings. The van der Waals surface area contributed by atoms with Crippen LogP contribution in [0.4, 0.5) is 5.82 Å². The van der Waals surface area contributed by atoms with Crippen LogP contribution in [-0.4, -0.2) is 9.97 Å². The highest BCUT2D eigenvalue weighted by molar-refractivity contribution is 5.22. The fraction of sp³-hybridized carbons (Fsp3) is 0.500. The third-order valence-corrected chi connectivity index (χ3v) is 1.51. The summed E-state index contributed by atoms with van der Waals surface area (Å²) in [4.78, 5) is 8.08. The molecule has 3 heteroatoms. The number of anilines is 1. The molecule has 0 saturated carbocycles. The average Bonchev–Trinajstić information content (AvgIpc) is 2.04. The van der Waals surface area contributed by atoms with Crippen molar-refractivity contribution in [1.82, 2.24) is 9.97 Å². The Kier molecular flexibility index (Phi) is 2.83. The summed E-state index contributed by atoms with van der Waals surface area (Å²) in [7, 11) is 0. The summed E-state index contributed by atoms with van der Waals surface area (Å²) in [6, 6.07) is 0. The molecule has 0 amide bonds. The van der Waals surface area contributed by atoms with Crippen LogP contribution in [0.5, 0.6) is 0 Å². The number of aromatic nitrogens is 2. The van der Waals surface area contributed by atoms with Crippen molar-refractivity contribution in [3.8, 4) is 0 Å². The Morgan fingerprint density at radius 3 is 2.73 bits per heavy atom. The summed E-state index contributed by atoms with van der Waals surface area (Å²) in [5, 5.41) is 0. The van der Waals surface area contributed by atoms with Crippen molar-refractivity contribution in [2.45, 2.75) is 26.2 Å². The molecule has 1 aromatic heterocycles. The predicted molar refractivity (Wildman–Crippen MR) is 45.1 cm³/mol. The number of nitrogens with zero attached hydrogens (tertiary/aromatic N) is 2. The zero-order valence-electron chi connectivity index (χ0n) is 6.75. The third kappa shape index (κ3) is 2.53. The fourth-order valence-corrected chi connectivity index (χ4v) is 0.852. The van der Waals surface area contributed by atoms with Gasteiger partial charge in [-0.15, -0.1) is 0 Å². The molecular formula is C8H13N3. The highest BCUT2D eigenvalue weighted by atomic mass is 14.9. The highest BCUT2D eigenvalue weighted by Gasteiger charge is 1.93. The molecule has 1 rings (SSSR count). The van der Waals surface area contributed by atoms with E-state index in [-0.39, 0.29) is 0 Å². The molecule has 3 nitrogen and oxygen atoms in total. The van der Waals surface area contributed by atoms with Crippen LogP contribution in [0.3, 0.4) is 0 Å². The van der Waals surface area contributed by atoms with E-state index in [1.54, 1.807) is 12.4 Å². The van der Waals surface area contributed by atoms with Crippen molar-refractivity contribution in [2.75, 3.05) is 5.73 Å². The minimum atomic E-state index is 0.491. The van der Waals surface area contributed by atoms with Crippen LogP contribution in [0.15, 0.2) is 12.4 Å². The normalized spacial score (nSPS) is 9.91. The highest BCUT2D eigenvalue weighted by Crippen LogP contribution is 2.00. The molecular weight excluding hydrogens is 138 g/mol. The van der Waals surface area contributed by atoms with Crippen LogP contribution in [-0.2, 0) is 6.42 Å². The Morgan fingerprint density at radius 1 is 1.36 bits per heavy atom. The monoisotopic (exact) mass is 151 g/mol. The average molecular weight is 151 g/mol. The number of nitrogen functional groups attached to an aromatic ring is 1. The lowest BCUT2D eigenvalue weighted by Crippen LogP contribution is -1.95. The molecule has 60 valence electrons. The number of hydrogen-bond acceptors (Lipinski definition) is 3. The van der Waals surface area contributed by atoms with E-state index in [0.717, 1.165) is 12.1 Å². The first-order valence-electron chi connectivity index (χ1n) is 3.89. The van der Waals surface area contributed by atoms with Gasteiger partial charge in [0, 0.05) is 0 Å². The van der Waals surface area contributed by atoms with Crippen molar-refractivity contribution in [1.29, 1.82) is 0 Å². The quantitative estimate of drug-likeness (QED) is 0.710. The van der Waals surface area contributed by atoms with E-state index in [1.165, 1.54) is 12.8 Å². The molecule has 0 fully saturated rings. The number of nitrogens with two attached hydrogens (primary N) is 1. The lowest BCUT2D eigenvalue weighted by molar-refractivity contribution is 0.772. The van der Waals surface area contributed by atoms with Gasteiger partial charge in [-0.2, -0.15) is 0 Å². The Bertz CT molecular complexity index is 205. The molecule has 0 bridgehead atoms. The van der Waals surface area contributed by atoms with Crippen LogP contribution in [0.1, 0.15) is 25.5 Å². The van der Waals surface area contributed by atoms with Gasteiger partial charge in [0.1, 0.15) is 5.82 Å². The van der Waals surface area contributed by atoms with Gasteiger partial charge in [0.15, 0.2) is 0 Å². The molecule has 1 aromatic rings. The second-order valence-electron chi connectivity index (χ2n) is 2.54. The first-order chi connectivity index (χ1) is 5.33. The molecule has 0 aliphatic carbocycles. The smallest absolute Gasteiger partial charge is 0.141 e. The van der Waals surface area contributed by atoms with Crippen molar-refractivity contribution >= 4 is 5.82 Å². The van der Waals surface area contributed by atoms with Crippen LogP contribution in [0.25, 0.3) is 0 Å². The van der Waals surface area contributed by atoms with Gasteiger partial charge in [0.25, 0.3) is 0 Å². The number of unbranched alkanes of at least 4 members (excludes halogenated alkanes) is 1. The van der Waals surface area contributed by atoms with Gasteiger partial charge in [-0.3, -0.25) is 4.98 Å². The van der Waals surface area contributed by atoms with Gasteiger partial charge in [0.05, 0.1) is 18.1 Å². The van der Waals surface area contributed by atoms with Crippen LogP contribution in [0.2, 0.25) is 0 Å². The molecule has 0 spiro atoms. The van der Waals surface area contributed by atoms with Gasteiger partial charge in [-0.25, -0.2) is 4.98 Å². The van der Waals surface area contributed by atoms with Gasteiger partial charge in [-0.05, 0) is 12.8 Å². The molecule has 0 atom stereocenters. The molecule has 0 aromatic carbocycles. The van der Waals surface area contributed by atoms with Crippen molar-refractivity contribution in [3.05, 3.63) is 18.1 Å². The molecule has 2 N–H and O–H groups in total. The maximum absolute atomic E-state index is 5.38. The largest absolute Gasteiger partial charge is 0.382 e. The van der Waals surface area contributed by atoms with Gasteiger partial charge >= 0.3 is 0 Å². The summed E-state index contributed by atoms with van der Waals surface area (Å²) >= 11 is 0. The molecule has 11 heavy (non-hydrogen) atoms. The summed E-state index contributed by atoms with van der Waals surface area (Å²) in [5.74, 6) is 0.491. The first-order valence-corrected chi connectivity index (χ1v) is 3.89. The van der Waals surface area contributed by atoms with E-state index >= 15 is 0 Å². The van der Waals surface area contributed by atoms with Gasteiger partial charge in [0.2, 0.25) is 0 Å². The standard InChI is InChI=1S/C8H13N3/c1-2-3-4-7-5-11-8(9)6-10-7/h5-6H,2-4H2,1H3,(H2,9,11). The molecule has 0 radical (unpaired) electrons. The predicted octanol–water partition coefficient (Wildman–Crippen LogP) is 1.40. The molecule has 0 saturated heterocycles. The number of rotatable bonds is 3. The fourth-order valence-electron chi connectivity index (χ4n) is 0.852. The van der Waals surface area contributed by atoms with Crippen LogP contribution < -0.4 is 5.73 Å². The first kappa shape index (κ1) is 7.98. The Hall–Kier alpha value is -1.12. The second-order valence-corrected chi connectivity index (χ2v) is 2.54. The van der Waals surface area contributed by atoms with E-state index in [9.17, 15) is 0 Å². The zero-order valence-corrected chi connectivity index (χ0v) is 6.75. The van der Waals surface area contributed by atoms with E-state index in [4.69, 9.17) is 5.73 Å². The molecule has 0 aliphatic heterocycles. The maximum Gasteiger partial charge on any atom is 0.141 e. The Balaban J connectivity index is 2.52. The van der Waals surface area contributed by atoms with Crippen LogP contribution in [0, 0.1) is 0 Å². The number of hydrogen-bond donors (Lipinski definition) is 1. The minimum Gasteiger partial charge on any atom is -0.382 e. The van der Waals surface area contributed by atoms with E-state index in [1.807, 2.05) is 0 Å². The lowest BCUT2D eigenvalue weighted by Gasteiger charge is -1.97. The SMILES string of the molecule is CCCCc1cnc(N)cn1. The van der Waals surface area contributed by atoms with Gasteiger partial charge < -0.3 is 5.73 Å². The Morgan fingerprint density at radius 2 is 2.18 bits per heavy atom. The van der Waals surface area contributed by atoms with E-state index in [2.05, 4.69) is 16.9 Å². The maximum atomic E-state index is 5.38. The molecule has 0 unspecified atom stereocenters. The lowest BCUT2D eigenvalue weighted by atomic mass is 10.2. The van der Waals surface area contributed by atoms with Crippen molar-refractivity contribution in [3.63, 3.8) is 0 Å². The summed E-state index contributed by atoms with van der Waals surface area (Å²) < 4.78 is 0. The minimum absolute atomic E-state index is 0.491. The zero-order chi connectivity index (χ0) is 8.10.